The van der Waals surface area contributed by atoms with Crippen molar-refractivity contribution in [2.24, 2.45) is 7.05 Å². The van der Waals surface area contributed by atoms with Crippen LogP contribution in [0.3, 0.4) is 0 Å². The molecule has 7 nitrogen and oxygen atoms in total. The Balaban J connectivity index is 1.86. The summed E-state index contributed by atoms with van der Waals surface area (Å²) in [4.78, 5) is 4.56. The highest BCUT2D eigenvalue weighted by molar-refractivity contribution is 7.89. The van der Waals surface area contributed by atoms with Crippen molar-refractivity contribution < 1.29 is 12.9 Å². The largest absolute Gasteiger partial charge is 0.360 e. The maximum atomic E-state index is 12.4. The molecule has 3 aromatic rings. The number of benzene rings is 1. The molecule has 0 atom stereocenters. The van der Waals surface area contributed by atoms with Crippen LogP contribution in [0.2, 0.25) is 0 Å². The third-order valence-corrected chi connectivity index (χ3v) is 5.52. The van der Waals surface area contributed by atoms with Gasteiger partial charge in [0.2, 0.25) is 10.0 Å². The molecule has 1 N–H and O–H groups in total. The Morgan fingerprint density at radius 2 is 2.00 bits per heavy atom. The Hall–Kier alpha value is -2.19. The number of aryl methyl sites for hydroxylation is 4. The molecule has 0 amide bonds. The van der Waals surface area contributed by atoms with Gasteiger partial charge in [-0.25, -0.2) is 18.1 Å². The zero-order chi connectivity index (χ0) is 16.8. The topological polar surface area (TPSA) is 90.0 Å². The smallest absolute Gasteiger partial charge is 0.246 e. The molecule has 0 saturated heterocycles. The summed E-state index contributed by atoms with van der Waals surface area (Å²) < 4.78 is 34.3. The molecule has 23 heavy (non-hydrogen) atoms. The normalized spacial score (nSPS) is 12.2. The van der Waals surface area contributed by atoms with Gasteiger partial charge in [0.15, 0.2) is 5.76 Å². The summed E-state index contributed by atoms with van der Waals surface area (Å²) >= 11 is 0. The second-order valence-electron chi connectivity index (χ2n) is 5.52. The Kier molecular flexibility index (Phi) is 3.73. The van der Waals surface area contributed by atoms with Crippen LogP contribution in [0.4, 0.5) is 0 Å². The van der Waals surface area contributed by atoms with Gasteiger partial charge < -0.3 is 9.09 Å². The van der Waals surface area contributed by atoms with E-state index in [-0.39, 0.29) is 17.2 Å². The van der Waals surface area contributed by atoms with Crippen molar-refractivity contribution in [3.05, 3.63) is 41.0 Å². The van der Waals surface area contributed by atoms with Gasteiger partial charge in [-0.05, 0) is 38.5 Å². The van der Waals surface area contributed by atoms with E-state index in [2.05, 4.69) is 14.9 Å². The van der Waals surface area contributed by atoms with Crippen LogP contribution in [0, 0.1) is 20.8 Å². The van der Waals surface area contributed by atoms with E-state index in [1.807, 2.05) is 36.7 Å². The van der Waals surface area contributed by atoms with E-state index < -0.39 is 10.0 Å². The molecule has 0 radical (unpaired) electrons. The number of aromatic nitrogens is 3. The van der Waals surface area contributed by atoms with E-state index in [1.165, 1.54) is 0 Å². The SMILES string of the molecule is Cc1noc(C)c1S(=O)(=O)NCc1ccc2c(c1)nc(C)n2C. The van der Waals surface area contributed by atoms with Crippen LogP contribution in [0.1, 0.15) is 22.8 Å². The maximum Gasteiger partial charge on any atom is 0.246 e. The quantitative estimate of drug-likeness (QED) is 0.788. The lowest BCUT2D eigenvalue weighted by Gasteiger charge is -2.06. The predicted molar refractivity (Wildman–Crippen MR) is 85.5 cm³/mol. The Morgan fingerprint density at radius 3 is 2.65 bits per heavy atom. The summed E-state index contributed by atoms with van der Waals surface area (Å²) in [5.41, 5.74) is 3.05. The highest BCUT2D eigenvalue weighted by atomic mass is 32.2. The number of nitrogens with one attached hydrogen (secondary N) is 1. The number of rotatable bonds is 4. The van der Waals surface area contributed by atoms with Gasteiger partial charge in [0.05, 0.1) is 11.0 Å². The lowest BCUT2D eigenvalue weighted by atomic mass is 10.2. The lowest BCUT2D eigenvalue weighted by molar-refractivity contribution is 0.390. The molecule has 1 aromatic carbocycles. The zero-order valence-corrected chi connectivity index (χ0v) is 14.2. The van der Waals surface area contributed by atoms with E-state index >= 15 is 0 Å². The van der Waals surface area contributed by atoms with Crippen LogP contribution in [0.15, 0.2) is 27.6 Å². The van der Waals surface area contributed by atoms with E-state index in [9.17, 15) is 8.42 Å². The molecule has 0 aliphatic heterocycles. The minimum absolute atomic E-state index is 0.104. The summed E-state index contributed by atoms with van der Waals surface area (Å²) in [6.45, 7) is 5.29. The van der Waals surface area contributed by atoms with Crippen molar-refractivity contribution in [1.82, 2.24) is 19.4 Å². The number of hydrogen-bond donors (Lipinski definition) is 1. The number of imidazole rings is 1. The van der Waals surface area contributed by atoms with Gasteiger partial charge in [-0.3, -0.25) is 0 Å². The molecule has 3 rings (SSSR count). The van der Waals surface area contributed by atoms with Crippen LogP contribution < -0.4 is 4.72 Å². The highest BCUT2D eigenvalue weighted by Gasteiger charge is 2.23. The fourth-order valence-corrected chi connectivity index (χ4v) is 3.93. The van der Waals surface area contributed by atoms with Gasteiger partial charge in [-0.15, -0.1) is 0 Å². The van der Waals surface area contributed by atoms with Crippen molar-refractivity contribution in [3.63, 3.8) is 0 Å². The van der Waals surface area contributed by atoms with Gasteiger partial charge in [0, 0.05) is 13.6 Å². The van der Waals surface area contributed by atoms with E-state index in [1.54, 1.807) is 13.8 Å². The molecule has 0 saturated carbocycles. The third-order valence-electron chi connectivity index (χ3n) is 3.87. The molecule has 0 bridgehead atoms. The van der Waals surface area contributed by atoms with E-state index in [0.717, 1.165) is 22.4 Å². The molecule has 0 unspecified atom stereocenters. The molecule has 0 aliphatic carbocycles. The molecular weight excluding hydrogens is 316 g/mol. The summed E-state index contributed by atoms with van der Waals surface area (Å²) in [6.07, 6.45) is 0. The first-order chi connectivity index (χ1) is 10.8. The lowest BCUT2D eigenvalue weighted by Crippen LogP contribution is -2.24. The minimum Gasteiger partial charge on any atom is -0.360 e. The number of nitrogens with zero attached hydrogens (tertiary/aromatic N) is 3. The van der Waals surface area contributed by atoms with Crippen molar-refractivity contribution >= 4 is 21.1 Å². The number of sulfonamides is 1. The number of fused-ring (bicyclic) bond motifs is 1. The van der Waals surface area contributed by atoms with Gasteiger partial charge in [-0.1, -0.05) is 11.2 Å². The molecule has 2 aromatic heterocycles. The standard InChI is InChI=1S/C15H18N4O3S/c1-9-15(10(2)22-18-9)23(20,21)16-8-12-5-6-14-13(7-12)17-11(3)19(14)4/h5-7,16H,8H2,1-4H3. The van der Waals surface area contributed by atoms with E-state index in [4.69, 9.17) is 4.52 Å². The molecule has 0 spiro atoms. The van der Waals surface area contributed by atoms with Crippen molar-refractivity contribution in [3.8, 4) is 0 Å². The minimum atomic E-state index is -3.66. The van der Waals surface area contributed by atoms with Gasteiger partial charge >= 0.3 is 0 Å². The van der Waals surface area contributed by atoms with Crippen LogP contribution in [0.25, 0.3) is 11.0 Å². The van der Waals surface area contributed by atoms with Crippen LogP contribution in [-0.4, -0.2) is 23.1 Å². The molecule has 0 fully saturated rings. The Morgan fingerprint density at radius 1 is 1.26 bits per heavy atom. The Bertz CT molecular complexity index is 966. The predicted octanol–water partition coefficient (Wildman–Crippen LogP) is 1.97. The molecule has 0 aliphatic rings. The molecule has 2 heterocycles. The first kappa shape index (κ1) is 15.7. The average molecular weight is 334 g/mol. The van der Waals surface area contributed by atoms with Crippen molar-refractivity contribution in [1.29, 1.82) is 0 Å². The van der Waals surface area contributed by atoms with Gasteiger partial charge in [-0.2, -0.15) is 0 Å². The molecule has 122 valence electrons. The van der Waals surface area contributed by atoms with E-state index in [0.29, 0.717) is 5.69 Å². The summed E-state index contributed by atoms with van der Waals surface area (Å²) in [6, 6.07) is 5.71. The van der Waals surface area contributed by atoms with Gasteiger partial charge in [0.25, 0.3) is 0 Å². The highest BCUT2D eigenvalue weighted by Crippen LogP contribution is 2.20. The van der Waals surface area contributed by atoms with Crippen molar-refractivity contribution in [2.75, 3.05) is 0 Å². The first-order valence-corrected chi connectivity index (χ1v) is 8.62. The second-order valence-corrected chi connectivity index (χ2v) is 7.22. The second kappa shape index (κ2) is 5.47. The fourth-order valence-electron chi connectivity index (χ4n) is 2.58. The maximum absolute atomic E-state index is 12.4. The van der Waals surface area contributed by atoms with Crippen LogP contribution in [-0.2, 0) is 23.6 Å². The summed E-state index contributed by atoms with van der Waals surface area (Å²) in [5, 5.41) is 3.68. The Labute approximate surface area is 134 Å². The van der Waals surface area contributed by atoms with Crippen LogP contribution >= 0.6 is 0 Å². The zero-order valence-electron chi connectivity index (χ0n) is 13.4. The molecule has 8 heteroatoms. The van der Waals surface area contributed by atoms with Crippen molar-refractivity contribution in [2.45, 2.75) is 32.2 Å². The van der Waals surface area contributed by atoms with Crippen LogP contribution in [0.5, 0.6) is 0 Å². The first-order valence-electron chi connectivity index (χ1n) is 7.14. The third kappa shape index (κ3) is 2.75. The summed E-state index contributed by atoms with van der Waals surface area (Å²) in [5.74, 6) is 1.19. The monoisotopic (exact) mass is 334 g/mol. The summed E-state index contributed by atoms with van der Waals surface area (Å²) in [7, 11) is -1.72. The average Bonchev–Trinajstić information content (AvgIpc) is 2.97. The molecular formula is C15H18N4O3S. The number of hydrogen-bond acceptors (Lipinski definition) is 5. The fraction of sp³-hybridized carbons (Fsp3) is 0.333. The van der Waals surface area contributed by atoms with Gasteiger partial charge in [0.1, 0.15) is 16.4 Å².